The van der Waals surface area contributed by atoms with E-state index in [2.05, 4.69) is 17.6 Å². The predicted molar refractivity (Wildman–Crippen MR) is 52.7 cm³/mol. The first-order valence-corrected chi connectivity index (χ1v) is 4.86. The fraction of sp³-hybridized carbons (Fsp3) is 0.889. The third kappa shape index (κ3) is 9.30. The van der Waals surface area contributed by atoms with Crippen molar-refractivity contribution in [1.82, 2.24) is 10.6 Å². The molecule has 0 heterocycles. The van der Waals surface area contributed by atoms with E-state index in [9.17, 15) is 4.79 Å². The lowest BCUT2D eigenvalue weighted by molar-refractivity contribution is -0.121. The third-order valence-corrected chi connectivity index (χ3v) is 1.56. The summed E-state index contributed by atoms with van der Waals surface area (Å²) >= 11 is 0. The van der Waals surface area contributed by atoms with Crippen molar-refractivity contribution in [1.29, 1.82) is 0 Å². The zero-order chi connectivity index (χ0) is 9.94. The van der Waals surface area contributed by atoms with Gasteiger partial charge in [0.15, 0.2) is 0 Å². The molecule has 0 fully saturated rings. The SMILES string of the molecule is CCNCCOCCNC(=O)CC. The van der Waals surface area contributed by atoms with Crippen LogP contribution in [0.3, 0.4) is 0 Å². The van der Waals surface area contributed by atoms with Crippen molar-refractivity contribution in [2.75, 3.05) is 32.8 Å². The number of rotatable bonds is 8. The normalized spacial score (nSPS) is 10.0. The van der Waals surface area contributed by atoms with E-state index in [-0.39, 0.29) is 5.91 Å². The van der Waals surface area contributed by atoms with E-state index in [0.717, 1.165) is 13.1 Å². The highest BCUT2D eigenvalue weighted by Crippen LogP contribution is 1.76. The van der Waals surface area contributed by atoms with Gasteiger partial charge in [-0.05, 0) is 6.54 Å². The number of amides is 1. The molecule has 0 unspecified atom stereocenters. The molecule has 0 radical (unpaired) electrons. The lowest BCUT2D eigenvalue weighted by atomic mass is 10.4. The Balaban J connectivity index is 2.95. The molecule has 13 heavy (non-hydrogen) atoms. The molecule has 4 nitrogen and oxygen atoms in total. The van der Waals surface area contributed by atoms with Crippen LogP contribution in [0.4, 0.5) is 0 Å². The van der Waals surface area contributed by atoms with E-state index in [0.29, 0.717) is 26.2 Å². The fourth-order valence-corrected chi connectivity index (χ4v) is 0.811. The summed E-state index contributed by atoms with van der Waals surface area (Å²) in [5, 5.41) is 5.89. The number of ether oxygens (including phenoxy) is 1. The molecule has 0 aromatic heterocycles. The van der Waals surface area contributed by atoms with Gasteiger partial charge in [-0.2, -0.15) is 0 Å². The van der Waals surface area contributed by atoms with E-state index in [1.54, 1.807) is 0 Å². The number of likely N-dealkylation sites (N-methyl/N-ethyl adjacent to an activating group) is 1. The number of carbonyl (C=O) groups is 1. The highest BCUT2D eigenvalue weighted by Gasteiger charge is 1.94. The second-order valence-corrected chi connectivity index (χ2v) is 2.67. The molecule has 0 aliphatic rings. The molecule has 0 saturated heterocycles. The van der Waals surface area contributed by atoms with Crippen molar-refractivity contribution in [2.45, 2.75) is 20.3 Å². The topological polar surface area (TPSA) is 50.4 Å². The monoisotopic (exact) mass is 188 g/mol. The third-order valence-electron chi connectivity index (χ3n) is 1.56. The Kier molecular flexibility index (Phi) is 9.03. The van der Waals surface area contributed by atoms with Crippen molar-refractivity contribution in [3.8, 4) is 0 Å². The van der Waals surface area contributed by atoms with E-state index in [1.165, 1.54) is 0 Å². The van der Waals surface area contributed by atoms with E-state index >= 15 is 0 Å². The maximum Gasteiger partial charge on any atom is 0.219 e. The molecule has 0 aromatic carbocycles. The molecule has 0 saturated carbocycles. The molecule has 0 atom stereocenters. The van der Waals surface area contributed by atoms with Gasteiger partial charge in [0, 0.05) is 19.5 Å². The second-order valence-electron chi connectivity index (χ2n) is 2.67. The Morgan fingerprint density at radius 1 is 1.23 bits per heavy atom. The average Bonchev–Trinajstić information content (AvgIpc) is 2.16. The Morgan fingerprint density at radius 2 is 1.92 bits per heavy atom. The fourth-order valence-electron chi connectivity index (χ4n) is 0.811. The van der Waals surface area contributed by atoms with Crippen molar-refractivity contribution >= 4 is 5.91 Å². The van der Waals surface area contributed by atoms with Gasteiger partial charge in [0.1, 0.15) is 0 Å². The molecule has 0 aliphatic carbocycles. The van der Waals surface area contributed by atoms with Crippen LogP contribution in [0.1, 0.15) is 20.3 Å². The molecule has 0 aromatic rings. The van der Waals surface area contributed by atoms with Gasteiger partial charge in [0.2, 0.25) is 5.91 Å². The molecule has 0 bridgehead atoms. The Bertz CT molecular complexity index is 129. The van der Waals surface area contributed by atoms with Crippen LogP contribution in [0.25, 0.3) is 0 Å². The van der Waals surface area contributed by atoms with Gasteiger partial charge < -0.3 is 15.4 Å². The van der Waals surface area contributed by atoms with Crippen LogP contribution in [-0.2, 0) is 9.53 Å². The number of hydrogen-bond acceptors (Lipinski definition) is 3. The van der Waals surface area contributed by atoms with Gasteiger partial charge >= 0.3 is 0 Å². The van der Waals surface area contributed by atoms with Crippen LogP contribution in [-0.4, -0.2) is 38.8 Å². The quantitative estimate of drug-likeness (QED) is 0.533. The van der Waals surface area contributed by atoms with Crippen LogP contribution in [0.15, 0.2) is 0 Å². The molecular weight excluding hydrogens is 168 g/mol. The van der Waals surface area contributed by atoms with Gasteiger partial charge in [-0.3, -0.25) is 4.79 Å². The zero-order valence-electron chi connectivity index (χ0n) is 8.56. The second kappa shape index (κ2) is 9.48. The summed E-state index contributed by atoms with van der Waals surface area (Å²) in [6.45, 7) is 7.64. The minimum absolute atomic E-state index is 0.0790. The maximum atomic E-state index is 10.8. The summed E-state index contributed by atoms with van der Waals surface area (Å²) in [5.41, 5.74) is 0. The molecule has 0 spiro atoms. The minimum Gasteiger partial charge on any atom is -0.378 e. The first-order chi connectivity index (χ1) is 6.31. The standard InChI is InChI=1S/C9H20N2O2/c1-3-9(12)11-6-8-13-7-5-10-4-2/h10H,3-8H2,1-2H3,(H,11,12). The van der Waals surface area contributed by atoms with Crippen molar-refractivity contribution in [3.63, 3.8) is 0 Å². The zero-order valence-corrected chi connectivity index (χ0v) is 8.56. The molecule has 78 valence electrons. The lowest BCUT2D eigenvalue weighted by Crippen LogP contribution is -2.27. The Hall–Kier alpha value is -0.610. The number of hydrogen-bond donors (Lipinski definition) is 2. The van der Waals surface area contributed by atoms with Gasteiger partial charge in [0.05, 0.1) is 13.2 Å². The Labute approximate surface area is 80.0 Å². The van der Waals surface area contributed by atoms with Gasteiger partial charge in [-0.1, -0.05) is 13.8 Å². The van der Waals surface area contributed by atoms with Crippen molar-refractivity contribution in [2.24, 2.45) is 0 Å². The van der Waals surface area contributed by atoms with Crippen molar-refractivity contribution < 1.29 is 9.53 Å². The highest BCUT2D eigenvalue weighted by atomic mass is 16.5. The molecule has 0 aliphatic heterocycles. The van der Waals surface area contributed by atoms with Crippen LogP contribution in [0, 0.1) is 0 Å². The molecule has 1 amide bonds. The maximum absolute atomic E-state index is 10.8. The lowest BCUT2D eigenvalue weighted by Gasteiger charge is -2.05. The van der Waals surface area contributed by atoms with Crippen LogP contribution >= 0.6 is 0 Å². The van der Waals surface area contributed by atoms with Crippen molar-refractivity contribution in [3.05, 3.63) is 0 Å². The largest absolute Gasteiger partial charge is 0.378 e. The number of nitrogens with one attached hydrogen (secondary N) is 2. The molecule has 4 heteroatoms. The van der Waals surface area contributed by atoms with E-state index < -0.39 is 0 Å². The molecular formula is C9H20N2O2. The molecule has 2 N–H and O–H groups in total. The minimum atomic E-state index is 0.0790. The number of carbonyl (C=O) groups excluding carboxylic acids is 1. The smallest absolute Gasteiger partial charge is 0.219 e. The Morgan fingerprint density at radius 3 is 2.54 bits per heavy atom. The summed E-state index contributed by atoms with van der Waals surface area (Å²) in [6, 6.07) is 0. The van der Waals surface area contributed by atoms with Crippen LogP contribution < -0.4 is 10.6 Å². The predicted octanol–water partition coefficient (Wildman–Crippen LogP) is 0.139. The van der Waals surface area contributed by atoms with Crippen LogP contribution in [0.2, 0.25) is 0 Å². The summed E-state index contributed by atoms with van der Waals surface area (Å²) in [5.74, 6) is 0.0790. The van der Waals surface area contributed by atoms with E-state index in [4.69, 9.17) is 4.74 Å². The van der Waals surface area contributed by atoms with Crippen LogP contribution in [0.5, 0.6) is 0 Å². The summed E-state index contributed by atoms with van der Waals surface area (Å²) in [6.07, 6.45) is 0.539. The van der Waals surface area contributed by atoms with Gasteiger partial charge in [-0.25, -0.2) is 0 Å². The van der Waals surface area contributed by atoms with Gasteiger partial charge in [0.25, 0.3) is 0 Å². The molecule has 0 rings (SSSR count). The first kappa shape index (κ1) is 12.4. The summed E-state index contributed by atoms with van der Waals surface area (Å²) in [7, 11) is 0. The highest BCUT2D eigenvalue weighted by molar-refractivity contribution is 5.75. The summed E-state index contributed by atoms with van der Waals surface area (Å²) in [4.78, 5) is 10.8. The average molecular weight is 188 g/mol. The summed E-state index contributed by atoms with van der Waals surface area (Å²) < 4.78 is 5.25. The van der Waals surface area contributed by atoms with Gasteiger partial charge in [-0.15, -0.1) is 0 Å². The first-order valence-electron chi connectivity index (χ1n) is 4.86. The van der Waals surface area contributed by atoms with E-state index in [1.807, 2.05) is 6.92 Å².